The van der Waals surface area contributed by atoms with Crippen molar-refractivity contribution in [2.45, 2.75) is 32.4 Å². The number of hydrogen-bond acceptors (Lipinski definition) is 3. The fraction of sp³-hybridized carbons (Fsp3) is 0.500. The maximum Gasteiger partial charge on any atom is 0.317 e. The van der Waals surface area contributed by atoms with Gasteiger partial charge in [0.1, 0.15) is 0 Å². The van der Waals surface area contributed by atoms with E-state index in [9.17, 15) is 4.79 Å². The van der Waals surface area contributed by atoms with E-state index >= 15 is 0 Å². The van der Waals surface area contributed by atoms with Crippen LogP contribution >= 0.6 is 0 Å². The first-order valence-corrected chi connectivity index (χ1v) is 9.52. The van der Waals surface area contributed by atoms with Crippen molar-refractivity contribution in [2.24, 2.45) is 0 Å². The number of benzene rings is 1. The smallest absolute Gasteiger partial charge is 0.317 e. The minimum Gasteiger partial charge on any atom is -0.335 e. The van der Waals surface area contributed by atoms with E-state index in [0.717, 1.165) is 52.1 Å². The Kier molecular flexibility index (Phi) is 6.66. The molecule has 1 aromatic heterocycles. The Balaban J connectivity index is 1.40. The highest BCUT2D eigenvalue weighted by Crippen LogP contribution is 2.07. The minimum atomic E-state index is 0.0553. The molecule has 2 aromatic rings. The van der Waals surface area contributed by atoms with Gasteiger partial charge in [0.05, 0.1) is 6.33 Å². The van der Waals surface area contributed by atoms with E-state index < -0.39 is 0 Å². The lowest BCUT2D eigenvalue weighted by molar-refractivity contribution is 0.137. The second-order valence-corrected chi connectivity index (χ2v) is 6.88. The molecule has 6 heteroatoms. The Morgan fingerprint density at radius 3 is 2.62 bits per heavy atom. The van der Waals surface area contributed by atoms with Crippen LogP contribution in [0.15, 0.2) is 49.1 Å². The third-order valence-electron chi connectivity index (χ3n) is 5.03. The summed E-state index contributed by atoms with van der Waals surface area (Å²) in [5.41, 5.74) is 1.37. The van der Waals surface area contributed by atoms with Gasteiger partial charge in [-0.1, -0.05) is 37.3 Å². The van der Waals surface area contributed by atoms with Crippen LogP contribution in [-0.4, -0.2) is 64.1 Å². The number of nitrogens with one attached hydrogen (secondary N) is 1. The molecule has 1 atom stereocenters. The zero-order valence-corrected chi connectivity index (χ0v) is 15.6. The van der Waals surface area contributed by atoms with Gasteiger partial charge in [-0.25, -0.2) is 9.78 Å². The zero-order valence-electron chi connectivity index (χ0n) is 15.6. The van der Waals surface area contributed by atoms with E-state index in [2.05, 4.69) is 52.5 Å². The van der Waals surface area contributed by atoms with Crippen molar-refractivity contribution in [3.8, 4) is 0 Å². The van der Waals surface area contributed by atoms with Crippen LogP contribution in [0.25, 0.3) is 0 Å². The second-order valence-electron chi connectivity index (χ2n) is 6.88. The second kappa shape index (κ2) is 9.38. The Morgan fingerprint density at radius 1 is 1.19 bits per heavy atom. The van der Waals surface area contributed by atoms with Crippen molar-refractivity contribution >= 4 is 6.03 Å². The van der Waals surface area contributed by atoms with Crippen molar-refractivity contribution in [1.82, 2.24) is 24.7 Å². The van der Waals surface area contributed by atoms with E-state index in [1.54, 1.807) is 12.5 Å². The molecule has 1 aliphatic rings. The van der Waals surface area contributed by atoms with Gasteiger partial charge >= 0.3 is 6.03 Å². The topological polar surface area (TPSA) is 53.4 Å². The molecule has 1 fully saturated rings. The number of urea groups is 1. The maximum absolute atomic E-state index is 12.6. The van der Waals surface area contributed by atoms with Crippen molar-refractivity contribution in [3.05, 3.63) is 54.6 Å². The molecule has 0 radical (unpaired) electrons. The summed E-state index contributed by atoms with van der Waals surface area (Å²) in [5, 5.41) is 3.17. The molecular formula is C20H29N5O. The number of imidazole rings is 1. The van der Waals surface area contributed by atoms with Gasteiger partial charge in [0.25, 0.3) is 0 Å². The van der Waals surface area contributed by atoms with Gasteiger partial charge in [0, 0.05) is 57.7 Å². The van der Waals surface area contributed by atoms with Crippen LogP contribution in [0.3, 0.4) is 0 Å². The van der Waals surface area contributed by atoms with Gasteiger partial charge < -0.3 is 14.8 Å². The molecule has 26 heavy (non-hydrogen) atoms. The van der Waals surface area contributed by atoms with E-state index in [1.807, 2.05) is 15.7 Å². The molecule has 0 aliphatic carbocycles. The van der Waals surface area contributed by atoms with Crippen LogP contribution in [-0.2, 0) is 13.0 Å². The molecule has 140 valence electrons. The Bertz CT molecular complexity index is 650. The van der Waals surface area contributed by atoms with Crippen molar-refractivity contribution < 1.29 is 4.79 Å². The lowest BCUT2D eigenvalue weighted by Crippen LogP contribution is -2.54. The molecule has 1 N–H and O–H groups in total. The summed E-state index contributed by atoms with van der Waals surface area (Å²) in [6, 6.07) is 10.8. The molecule has 2 heterocycles. The molecule has 2 amide bonds. The summed E-state index contributed by atoms with van der Waals surface area (Å²) in [6.07, 6.45) is 7.46. The van der Waals surface area contributed by atoms with Crippen molar-refractivity contribution in [3.63, 3.8) is 0 Å². The van der Waals surface area contributed by atoms with Gasteiger partial charge in [0.15, 0.2) is 0 Å². The first kappa shape index (κ1) is 18.5. The highest BCUT2D eigenvalue weighted by molar-refractivity contribution is 5.74. The van der Waals surface area contributed by atoms with E-state index in [1.165, 1.54) is 5.56 Å². The Hall–Kier alpha value is -2.34. The molecule has 0 saturated carbocycles. The molecule has 0 spiro atoms. The van der Waals surface area contributed by atoms with Gasteiger partial charge in [-0.15, -0.1) is 0 Å². The monoisotopic (exact) mass is 355 g/mol. The summed E-state index contributed by atoms with van der Waals surface area (Å²) in [6.45, 7) is 7.39. The number of aromatic nitrogens is 2. The largest absolute Gasteiger partial charge is 0.335 e. The van der Waals surface area contributed by atoms with Crippen LogP contribution in [0.4, 0.5) is 4.79 Å². The normalized spacial score (nSPS) is 16.4. The number of nitrogens with zero attached hydrogens (tertiary/aromatic N) is 4. The summed E-state index contributed by atoms with van der Waals surface area (Å²) in [7, 11) is 0. The van der Waals surface area contributed by atoms with Gasteiger partial charge in [0.2, 0.25) is 0 Å². The van der Waals surface area contributed by atoms with E-state index in [4.69, 9.17) is 0 Å². The fourth-order valence-corrected chi connectivity index (χ4v) is 3.30. The summed E-state index contributed by atoms with van der Waals surface area (Å²) in [5.74, 6) is 0. The Labute approximate surface area is 155 Å². The summed E-state index contributed by atoms with van der Waals surface area (Å²) < 4.78 is 2.01. The summed E-state index contributed by atoms with van der Waals surface area (Å²) in [4.78, 5) is 21.0. The average molecular weight is 355 g/mol. The van der Waals surface area contributed by atoms with E-state index in [0.29, 0.717) is 0 Å². The summed E-state index contributed by atoms with van der Waals surface area (Å²) >= 11 is 0. The Morgan fingerprint density at radius 2 is 1.96 bits per heavy atom. The number of carbonyl (C=O) groups excluding carboxylic acids is 1. The first-order valence-electron chi connectivity index (χ1n) is 9.52. The van der Waals surface area contributed by atoms with Gasteiger partial charge in [-0.3, -0.25) is 4.90 Å². The number of hydrogen-bond donors (Lipinski definition) is 1. The third kappa shape index (κ3) is 5.33. The van der Waals surface area contributed by atoms with E-state index in [-0.39, 0.29) is 12.1 Å². The number of amides is 2. The van der Waals surface area contributed by atoms with Gasteiger partial charge in [-0.2, -0.15) is 0 Å². The molecule has 1 saturated heterocycles. The molecule has 1 aromatic carbocycles. The van der Waals surface area contributed by atoms with Crippen LogP contribution < -0.4 is 5.32 Å². The predicted octanol–water partition coefficient (Wildman–Crippen LogP) is 2.23. The average Bonchev–Trinajstić information content (AvgIpc) is 3.20. The van der Waals surface area contributed by atoms with Crippen LogP contribution in [0.1, 0.15) is 18.9 Å². The van der Waals surface area contributed by atoms with Crippen molar-refractivity contribution in [1.29, 1.82) is 0 Å². The number of rotatable bonds is 7. The number of carbonyl (C=O) groups is 1. The molecule has 3 rings (SSSR count). The fourth-order valence-electron chi connectivity index (χ4n) is 3.30. The molecular weight excluding hydrogens is 326 g/mol. The standard InChI is InChI=1S/C20H29N5O/c1-2-19(16-24-11-9-21-17-24)22-20(26)25-14-12-23(13-15-25)10-8-18-6-4-3-5-7-18/h3-7,9,11,17,19H,2,8,10,12-16H2,1H3,(H,22,26)/t19-/m1/s1. The van der Waals surface area contributed by atoms with Crippen LogP contribution in [0, 0.1) is 0 Å². The highest BCUT2D eigenvalue weighted by Gasteiger charge is 2.22. The molecule has 6 nitrogen and oxygen atoms in total. The maximum atomic E-state index is 12.6. The third-order valence-corrected chi connectivity index (χ3v) is 5.03. The van der Waals surface area contributed by atoms with Crippen LogP contribution in [0.5, 0.6) is 0 Å². The van der Waals surface area contributed by atoms with Crippen LogP contribution in [0.2, 0.25) is 0 Å². The SMILES string of the molecule is CC[C@H](Cn1ccnc1)NC(=O)N1CCN(CCc2ccccc2)CC1. The van der Waals surface area contributed by atoms with Crippen molar-refractivity contribution in [2.75, 3.05) is 32.7 Å². The van der Waals surface area contributed by atoms with Gasteiger partial charge in [-0.05, 0) is 18.4 Å². The lowest BCUT2D eigenvalue weighted by atomic mass is 10.1. The minimum absolute atomic E-state index is 0.0553. The lowest BCUT2D eigenvalue weighted by Gasteiger charge is -2.35. The molecule has 0 bridgehead atoms. The molecule has 0 unspecified atom stereocenters. The quantitative estimate of drug-likeness (QED) is 0.829. The first-order chi connectivity index (χ1) is 12.7. The number of piperazine rings is 1. The molecule has 1 aliphatic heterocycles. The predicted molar refractivity (Wildman–Crippen MR) is 103 cm³/mol. The highest BCUT2D eigenvalue weighted by atomic mass is 16.2. The zero-order chi connectivity index (χ0) is 18.2.